The van der Waals surface area contributed by atoms with E-state index in [4.69, 9.17) is 10.5 Å². The van der Waals surface area contributed by atoms with Gasteiger partial charge >= 0.3 is 0 Å². The van der Waals surface area contributed by atoms with Crippen molar-refractivity contribution in [1.29, 1.82) is 0 Å². The van der Waals surface area contributed by atoms with E-state index in [1.165, 1.54) is 6.92 Å². The van der Waals surface area contributed by atoms with Crippen LogP contribution in [-0.2, 0) is 11.4 Å². The molecule has 0 aliphatic carbocycles. The minimum Gasteiger partial charge on any atom is -0.489 e. The number of carbonyl (C=O) groups excluding carboxylic acids is 2. The summed E-state index contributed by atoms with van der Waals surface area (Å²) >= 11 is 0. The first-order valence-electron chi connectivity index (χ1n) is 8.78. The average Bonchev–Trinajstić information content (AvgIpc) is 2.66. The van der Waals surface area contributed by atoms with Crippen molar-refractivity contribution in [3.8, 4) is 17.0 Å². The molecule has 0 unspecified atom stereocenters. The third-order valence-electron chi connectivity index (χ3n) is 4.17. The van der Waals surface area contributed by atoms with Gasteiger partial charge in [0.25, 0.3) is 0 Å². The third kappa shape index (κ3) is 4.73. The van der Waals surface area contributed by atoms with Crippen molar-refractivity contribution in [3.05, 3.63) is 77.5 Å². The lowest BCUT2D eigenvalue weighted by Gasteiger charge is -2.10. The zero-order chi connectivity index (χ0) is 20.1. The van der Waals surface area contributed by atoms with Crippen molar-refractivity contribution in [2.75, 3.05) is 5.32 Å². The summed E-state index contributed by atoms with van der Waals surface area (Å²) in [7, 11) is 0. The molecule has 0 aliphatic heterocycles. The number of nitrogens with zero attached hydrogens (tertiary/aromatic N) is 1. The smallest absolute Gasteiger partial charge is 0.248 e. The lowest BCUT2D eigenvalue weighted by atomic mass is 10.0. The highest BCUT2D eigenvalue weighted by molar-refractivity contribution is 5.94. The fourth-order valence-electron chi connectivity index (χ4n) is 2.85. The van der Waals surface area contributed by atoms with Crippen LogP contribution >= 0.6 is 0 Å². The first kappa shape index (κ1) is 19.1. The van der Waals surface area contributed by atoms with Crippen molar-refractivity contribution < 1.29 is 14.3 Å². The molecule has 0 aliphatic rings. The van der Waals surface area contributed by atoms with Gasteiger partial charge in [0, 0.05) is 36.0 Å². The highest BCUT2D eigenvalue weighted by atomic mass is 16.5. The van der Waals surface area contributed by atoms with E-state index in [2.05, 4.69) is 10.3 Å². The van der Waals surface area contributed by atoms with Gasteiger partial charge in [0.1, 0.15) is 12.4 Å². The van der Waals surface area contributed by atoms with Crippen LogP contribution in [0.5, 0.6) is 5.75 Å². The van der Waals surface area contributed by atoms with E-state index in [-0.39, 0.29) is 5.91 Å². The van der Waals surface area contributed by atoms with Gasteiger partial charge in [0.05, 0.1) is 5.69 Å². The predicted octanol–water partition coefficient (Wildman–Crippen LogP) is 3.69. The fourth-order valence-corrected chi connectivity index (χ4v) is 2.85. The van der Waals surface area contributed by atoms with Crippen LogP contribution in [0.4, 0.5) is 5.69 Å². The molecule has 1 heterocycles. The van der Waals surface area contributed by atoms with Crippen molar-refractivity contribution in [2.45, 2.75) is 20.5 Å². The van der Waals surface area contributed by atoms with Crippen molar-refractivity contribution in [3.63, 3.8) is 0 Å². The molecule has 3 rings (SSSR count). The molecule has 3 N–H and O–H groups in total. The Bertz CT molecular complexity index is 1030. The lowest BCUT2D eigenvalue weighted by molar-refractivity contribution is -0.114. The second kappa shape index (κ2) is 8.35. The van der Waals surface area contributed by atoms with Gasteiger partial charge in [0.2, 0.25) is 11.8 Å². The third-order valence-corrected chi connectivity index (χ3v) is 4.17. The molecule has 0 radical (unpaired) electrons. The maximum atomic E-state index is 11.4. The van der Waals surface area contributed by atoms with Crippen LogP contribution in [0.15, 0.2) is 60.8 Å². The highest BCUT2D eigenvalue weighted by Crippen LogP contribution is 2.23. The number of hydrogen-bond donors (Lipinski definition) is 2. The normalized spacial score (nSPS) is 10.4. The Morgan fingerprint density at radius 3 is 2.64 bits per heavy atom. The minimum atomic E-state index is -0.444. The molecule has 0 fully saturated rings. The summed E-state index contributed by atoms with van der Waals surface area (Å²) in [4.78, 5) is 27.0. The van der Waals surface area contributed by atoms with Gasteiger partial charge in [0.15, 0.2) is 0 Å². The molecule has 0 atom stereocenters. The Morgan fingerprint density at radius 2 is 1.93 bits per heavy atom. The molecule has 142 valence electrons. The number of carbonyl (C=O) groups is 2. The lowest BCUT2D eigenvalue weighted by Crippen LogP contribution is -2.12. The van der Waals surface area contributed by atoms with Gasteiger partial charge in [-0.25, -0.2) is 0 Å². The Morgan fingerprint density at radius 1 is 1.11 bits per heavy atom. The summed E-state index contributed by atoms with van der Waals surface area (Å²) in [5.74, 6) is 0.0838. The number of pyridine rings is 1. The molecule has 6 heteroatoms. The molecule has 0 bridgehead atoms. The predicted molar refractivity (Wildman–Crippen MR) is 108 cm³/mol. The summed E-state index contributed by atoms with van der Waals surface area (Å²) in [5.41, 5.74) is 10.00. The number of aryl methyl sites for hydroxylation is 1. The van der Waals surface area contributed by atoms with E-state index in [0.717, 1.165) is 22.4 Å². The Hall–Kier alpha value is -3.67. The summed E-state index contributed by atoms with van der Waals surface area (Å²) in [5, 5.41) is 2.73. The van der Waals surface area contributed by atoms with Crippen LogP contribution in [0, 0.1) is 6.92 Å². The molecule has 2 amide bonds. The Balaban J connectivity index is 1.74. The summed E-state index contributed by atoms with van der Waals surface area (Å²) in [6.07, 6.45) is 1.72. The first-order chi connectivity index (χ1) is 13.4. The van der Waals surface area contributed by atoms with Gasteiger partial charge in [-0.3, -0.25) is 14.6 Å². The topological polar surface area (TPSA) is 94.3 Å². The van der Waals surface area contributed by atoms with Gasteiger partial charge in [-0.15, -0.1) is 0 Å². The van der Waals surface area contributed by atoms with Crippen LogP contribution in [0.2, 0.25) is 0 Å². The van der Waals surface area contributed by atoms with E-state index >= 15 is 0 Å². The standard InChI is InChI=1S/C22H21N3O3/c1-14-10-17(6-7-20(14)22(23)27)21-11-16(8-9-24-21)13-28-19-5-3-4-18(12-19)25-15(2)26/h3-12H,13H2,1-2H3,(H2,23,27)(H,25,26). The van der Waals surface area contributed by atoms with Crippen LogP contribution in [-0.4, -0.2) is 16.8 Å². The molecule has 2 aromatic carbocycles. The van der Waals surface area contributed by atoms with E-state index in [9.17, 15) is 9.59 Å². The number of nitrogens with two attached hydrogens (primary N) is 1. The molecule has 3 aromatic rings. The van der Waals surface area contributed by atoms with Crippen LogP contribution in [0.3, 0.4) is 0 Å². The number of primary amides is 1. The number of aromatic nitrogens is 1. The minimum absolute atomic E-state index is 0.131. The molecule has 0 saturated heterocycles. The quantitative estimate of drug-likeness (QED) is 0.687. The van der Waals surface area contributed by atoms with Gasteiger partial charge in [-0.2, -0.15) is 0 Å². The SMILES string of the molecule is CC(=O)Nc1cccc(OCc2ccnc(-c3ccc(C(N)=O)c(C)c3)c2)c1. The Kier molecular flexibility index (Phi) is 5.69. The van der Waals surface area contributed by atoms with Crippen LogP contribution in [0.25, 0.3) is 11.3 Å². The number of benzene rings is 2. The van der Waals surface area contributed by atoms with E-state index in [1.807, 2.05) is 43.3 Å². The first-order valence-corrected chi connectivity index (χ1v) is 8.78. The van der Waals surface area contributed by atoms with E-state index in [1.54, 1.807) is 24.4 Å². The van der Waals surface area contributed by atoms with Crippen molar-refractivity contribution in [1.82, 2.24) is 4.98 Å². The zero-order valence-electron chi connectivity index (χ0n) is 15.7. The maximum absolute atomic E-state index is 11.4. The summed E-state index contributed by atoms with van der Waals surface area (Å²) in [6, 6.07) is 16.5. The number of anilines is 1. The second-order valence-electron chi connectivity index (χ2n) is 6.44. The zero-order valence-corrected chi connectivity index (χ0v) is 15.7. The van der Waals surface area contributed by atoms with Crippen molar-refractivity contribution in [2.24, 2.45) is 5.73 Å². The largest absolute Gasteiger partial charge is 0.489 e. The number of rotatable bonds is 6. The molecular weight excluding hydrogens is 354 g/mol. The molecule has 0 spiro atoms. The summed E-state index contributed by atoms with van der Waals surface area (Å²) < 4.78 is 5.84. The monoisotopic (exact) mass is 375 g/mol. The molecule has 6 nitrogen and oxygen atoms in total. The number of amides is 2. The van der Waals surface area contributed by atoms with Gasteiger partial charge < -0.3 is 15.8 Å². The molecule has 28 heavy (non-hydrogen) atoms. The average molecular weight is 375 g/mol. The van der Waals surface area contributed by atoms with Gasteiger partial charge in [-0.05, 0) is 54.4 Å². The molecule has 0 saturated carbocycles. The summed E-state index contributed by atoms with van der Waals surface area (Å²) in [6.45, 7) is 3.67. The molecule has 1 aromatic heterocycles. The fraction of sp³-hybridized carbons (Fsp3) is 0.136. The highest BCUT2D eigenvalue weighted by Gasteiger charge is 2.08. The van der Waals surface area contributed by atoms with Crippen molar-refractivity contribution >= 4 is 17.5 Å². The van der Waals surface area contributed by atoms with Gasteiger partial charge in [-0.1, -0.05) is 12.1 Å². The maximum Gasteiger partial charge on any atom is 0.248 e. The Labute approximate surface area is 163 Å². The van der Waals surface area contributed by atoms with E-state index < -0.39 is 5.91 Å². The number of hydrogen-bond acceptors (Lipinski definition) is 4. The van der Waals surface area contributed by atoms with Crippen LogP contribution < -0.4 is 15.8 Å². The second-order valence-corrected chi connectivity index (χ2v) is 6.44. The number of nitrogens with one attached hydrogen (secondary N) is 1. The molecular formula is C22H21N3O3. The van der Waals surface area contributed by atoms with Crippen LogP contribution in [0.1, 0.15) is 28.4 Å². The number of ether oxygens (including phenoxy) is 1. The van der Waals surface area contributed by atoms with E-state index in [0.29, 0.717) is 23.6 Å².